The van der Waals surface area contributed by atoms with E-state index in [1.165, 1.54) is 111 Å². The molecule has 6 rings (SSSR count). The highest BCUT2D eigenvalue weighted by atomic mass is 16.5. The molecule has 3 aromatic rings. The Balaban J connectivity index is 0.000000757. The minimum absolute atomic E-state index is 0.0865. The first-order chi connectivity index (χ1) is 26.6. The van der Waals surface area contributed by atoms with Crippen LogP contribution in [0.3, 0.4) is 0 Å². The summed E-state index contributed by atoms with van der Waals surface area (Å²) in [6, 6.07) is 27.4. The molecule has 3 fully saturated rings. The van der Waals surface area contributed by atoms with Crippen LogP contribution in [0.25, 0.3) is 0 Å². The molecule has 0 heterocycles. The van der Waals surface area contributed by atoms with Crippen molar-refractivity contribution in [1.82, 2.24) is 0 Å². The molecule has 8 unspecified atom stereocenters. The van der Waals surface area contributed by atoms with Crippen LogP contribution in [0.5, 0.6) is 11.5 Å². The Labute approximate surface area is 337 Å². The third kappa shape index (κ3) is 11.4. The molecule has 55 heavy (non-hydrogen) atoms. The lowest BCUT2D eigenvalue weighted by Gasteiger charge is -2.45. The van der Waals surface area contributed by atoms with Crippen molar-refractivity contribution < 1.29 is 9.84 Å². The Hall–Kier alpha value is -3.26. The molecule has 0 radical (unpaired) electrons. The standard InChI is InChI=1S/C47H66O.C6H10O/c1-7-9-13-45-44-28-29-47(40-20-16-36(8-2)17-21-40,41-22-26-43(27-23-41)48-42-24-14-34(5)15-25-42)32-39(44)31-46(45)38-19-18-37(30-38)35(6)12-10-11-33(3)4;1-6(2)4-3-5-7/h14-17,20-27,33,35,37-39,44-46H,7-13,18-19,28-32H2,1-6H3;3-5,7H,1-2H3/b;5-3+. The predicted octanol–water partition coefficient (Wildman–Crippen LogP) is 15.8. The molecule has 3 aromatic carbocycles. The van der Waals surface area contributed by atoms with Crippen molar-refractivity contribution in [3.8, 4) is 11.5 Å². The molecule has 0 bridgehead atoms. The van der Waals surface area contributed by atoms with Crippen LogP contribution in [-0.2, 0) is 11.8 Å². The van der Waals surface area contributed by atoms with Crippen LogP contribution in [-0.4, -0.2) is 5.11 Å². The average molecular weight is 745 g/mol. The number of hydrogen-bond donors (Lipinski definition) is 1. The van der Waals surface area contributed by atoms with Gasteiger partial charge in [-0.2, -0.15) is 0 Å². The third-order valence-electron chi connectivity index (χ3n) is 14.1. The van der Waals surface area contributed by atoms with Crippen molar-refractivity contribution in [3.05, 3.63) is 119 Å². The maximum atomic E-state index is 8.09. The number of benzene rings is 3. The van der Waals surface area contributed by atoms with Gasteiger partial charge in [0, 0.05) is 5.41 Å². The van der Waals surface area contributed by atoms with E-state index in [4.69, 9.17) is 9.84 Å². The fourth-order valence-corrected chi connectivity index (χ4v) is 11.0. The molecule has 0 aromatic heterocycles. The number of ether oxygens (including phenoxy) is 1. The van der Waals surface area contributed by atoms with Gasteiger partial charge in [0.2, 0.25) is 0 Å². The summed E-state index contributed by atoms with van der Waals surface area (Å²) in [5.74, 6) is 9.16. The number of hydrogen-bond acceptors (Lipinski definition) is 2. The molecule has 2 heteroatoms. The molecular weight excluding hydrogens is 669 g/mol. The lowest BCUT2D eigenvalue weighted by Crippen LogP contribution is -2.38. The van der Waals surface area contributed by atoms with E-state index in [1.807, 2.05) is 19.9 Å². The van der Waals surface area contributed by atoms with E-state index in [-0.39, 0.29) is 5.41 Å². The molecule has 1 N–H and O–H groups in total. The second-order valence-corrected chi connectivity index (χ2v) is 18.7. The van der Waals surface area contributed by atoms with Crippen molar-refractivity contribution in [2.24, 2.45) is 47.3 Å². The number of unbranched alkanes of at least 4 members (excludes halogenated alkanes) is 1. The minimum Gasteiger partial charge on any atom is -0.516 e. The first-order valence-electron chi connectivity index (χ1n) is 22.5. The van der Waals surface area contributed by atoms with Gasteiger partial charge in [-0.15, -0.1) is 0 Å². The highest BCUT2D eigenvalue weighted by molar-refractivity contribution is 5.44. The number of aliphatic hydroxyl groups is 1. The third-order valence-corrected chi connectivity index (χ3v) is 14.1. The topological polar surface area (TPSA) is 29.5 Å². The summed E-state index contributed by atoms with van der Waals surface area (Å²) < 4.78 is 6.29. The Bertz CT molecular complexity index is 1610. The van der Waals surface area contributed by atoms with Gasteiger partial charge in [-0.25, -0.2) is 0 Å². The van der Waals surface area contributed by atoms with Crippen LogP contribution in [0, 0.1) is 54.3 Å². The molecule has 0 amide bonds. The molecule has 0 aliphatic heterocycles. The number of allylic oxidation sites excluding steroid dienone is 3. The Morgan fingerprint density at radius 3 is 2.02 bits per heavy atom. The number of rotatable bonds is 15. The summed E-state index contributed by atoms with van der Waals surface area (Å²) in [6.07, 6.45) is 24.0. The highest BCUT2D eigenvalue weighted by Gasteiger charge is 2.53. The lowest BCUT2D eigenvalue weighted by atomic mass is 9.59. The summed E-state index contributed by atoms with van der Waals surface area (Å²) in [5.41, 5.74) is 7.00. The van der Waals surface area contributed by atoms with Gasteiger partial charge in [0.15, 0.2) is 0 Å². The van der Waals surface area contributed by atoms with Crippen LogP contribution >= 0.6 is 0 Å². The van der Waals surface area contributed by atoms with Gasteiger partial charge in [0.05, 0.1) is 6.26 Å². The molecule has 3 saturated carbocycles. The summed E-state index contributed by atoms with van der Waals surface area (Å²) in [4.78, 5) is 0. The second kappa shape index (κ2) is 20.8. The Morgan fingerprint density at radius 2 is 1.44 bits per heavy atom. The van der Waals surface area contributed by atoms with Crippen molar-refractivity contribution in [2.45, 2.75) is 151 Å². The maximum absolute atomic E-state index is 8.09. The van der Waals surface area contributed by atoms with Gasteiger partial charge in [-0.1, -0.05) is 132 Å². The van der Waals surface area contributed by atoms with Gasteiger partial charge in [-0.05, 0) is 173 Å². The fourth-order valence-electron chi connectivity index (χ4n) is 11.0. The summed E-state index contributed by atoms with van der Waals surface area (Å²) >= 11 is 0. The number of aliphatic hydroxyl groups excluding tert-OH is 1. The zero-order valence-electron chi connectivity index (χ0n) is 36.0. The summed E-state index contributed by atoms with van der Waals surface area (Å²) in [5, 5.41) is 8.09. The molecule has 8 atom stereocenters. The molecular formula is C53H76O2. The zero-order chi connectivity index (χ0) is 39.4. The van der Waals surface area contributed by atoms with Crippen molar-refractivity contribution >= 4 is 0 Å². The number of aryl methyl sites for hydroxylation is 2. The van der Waals surface area contributed by atoms with Crippen LogP contribution in [0.2, 0.25) is 0 Å². The highest BCUT2D eigenvalue weighted by Crippen LogP contribution is 2.61. The van der Waals surface area contributed by atoms with E-state index < -0.39 is 0 Å². The van der Waals surface area contributed by atoms with Gasteiger partial charge < -0.3 is 9.84 Å². The van der Waals surface area contributed by atoms with Gasteiger partial charge in [-0.3, -0.25) is 0 Å². The maximum Gasteiger partial charge on any atom is 0.127 e. The quantitative estimate of drug-likeness (QED) is 0.124. The first kappa shape index (κ1) is 42.9. The number of fused-ring (bicyclic) bond motifs is 1. The Morgan fingerprint density at radius 1 is 0.782 bits per heavy atom. The van der Waals surface area contributed by atoms with Crippen molar-refractivity contribution in [3.63, 3.8) is 0 Å². The van der Waals surface area contributed by atoms with Crippen molar-refractivity contribution in [1.29, 1.82) is 0 Å². The van der Waals surface area contributed by atoms with Crippen LogP contribution in [0.4, 0.5) is 0 Å². The molecule has 300 valence electrons. The monoisotopic (exact) mass is 745 g/mol. The van der Waals surface area contributed by atoms with E-state index in [2.05, 4.69) is 114 Å². The van der Waals surface area contributed by atoms with E-state index in [0.29, 0.717) is 0 Å². The van der Waals surface area contributed by atoms with Gasteiger partial charge in [0.1, 0.15) is 11.5 Å². The summed E-state index contributed by atoms with van der Waals surface area (Å²) in [6.45, 7) is 18.1. The fraction of sp³-hybridized carbons (Fsp3) is 0.585. The molecule has 0 saturated heterocycles. The first-order valence-corrected chi connectivity index (χ1v) is 22.5. The lowest BCUT2D eigenvalue weighted by molar-refractivity contribution is 0.149. The zero-order valence-corrected chi connectivity index (χ0v) is 36.0. The van der Waals surface area contributed by atoms with E-state index in [0.717, 1.165) is 71.5 Å². The van der Waals surface area contributed by atoms with E-state index >= 15 is 0 Å². The van der Waals surface area contributed by atoms with Crippen LogP contribution in [0.1, 0.15) is 154 Å². The molecule has 2 nitrogen and oxygen atoms in total. The second-order valence-electron chi connectivity index (χ2n) is 18.7. The Kier molecular flexibility index (Phi) is 16.2. The average Bonchev–Trinajstić information content (AvgIpc) is 3.82. The van der Waals surface area contributed by atoms with Gasteiger partial charge in [0.25, 0.3) is 0 Å². The van der Waals surface area contributed by atoms with Crippen LogP contribution < -0.4 is 4.74 Å². The smallest absolute Gasteiger partial charge is 0.127 e. The SMILES string of the molecule is CC(C)=C/C=C/O.CCCCC1C2CCC(c3ccc(CC)cc3)(c3ccc(Oc4ccc(C)cc4)cc3)CC2CC1C1CCC(C(C)CCCC(C)C)C1. The van der Waals surface area contributed by atoms with Gasteiger partial charge >= 0.3 is 0 Å². The molecule has 0 spiro atoms. The molecule has 3 aliphatic rings. The van der Waals surface area contributed by atoms with E-state index in [9.17, 15) is 0 Å². The largest absolute Gasteiger partial charge is 0.516 e. The van der Waals surface area contributed by atoms with Crippen molar-refractivity contribution in [2.75, 3.05) is 0 Å². The molecule has 3 aliphatic carbocycles. The summed E-state index contributed by atoms with van der Waals surface area (Å²) in [7, 11) is 0. The van der Waals surface area contributed by atoms with Crippen LogP contribution in [0.15, 0.2) is 96.8 Å². The minimum atomic E-state index is 0.0865. The predicted molar refractivity (Wildman–Crippen MR) is 236 cm³/mol. The normalized spacial score (nSPS) is 26.7. The van der Waals surface area contributed by atoms with E-state index in [1.54, 1.807) is 6.08 Å².